The molecule has 0 aliphatic carbocycles. The van der Waals surface area contributed by atoms with Gasteiger partial charge in [-0.3, -0.25) is 0 Å². The van der Waals surface area contributed by atoms with Crippen LogP contribution in [0.25, 0.3) is 0 Å². The minimum absolute atomic E-state index is 0.0657. The maximum Gasteiger partial charge on any atom is 0.243 e. The quantitative estimate of drug-likeness (QED) is 0.779. The normalized spacial score (nSPS) is 18.2. The zero-order chi connectivity index (χ0) is 18.0. The number of rotatable bonds is 5. The molecule has 0 N–H and O–H groups in total. The summed E-state index contributed by atoms with van der Waals surface area (Å²) in [5.41, 5.74) is 0. The maximum absolute atomic E-state index is 13.4. The van der Waals surface area contributed by atoms with E-state index in [9.17, 15) is 8.42 Å². The fourth-order valence-corrected chi connectivity index (χ4v) is 5.72. The van der Waals surface area contributed by atoms with Crippen molar-refractivity contribution in [3.8, 4) is 11.5 Å². The van der Waals surface area contributed by atoms with Crippen LogP contribution >= 0.6 is 11.3 Å². The molecule has 0 spiro atoms. The highest BCUT2D eigenvalue weighted by Gasteiger charge is 2.33. The van der Waals surface area contributed by atoms with Crippen molar-refractivity contribution in [2.24, 2.45) is 0 Å². The van der Waals surface area contributed by atoms with Crippen molar-refractivity contribution in [3.63, 3.8) is 0 Å². The molecule has 0 atom stereocenters. The summed E-state index contributed by atoms with van der Waals surface area (Å²) in [6.07, 6.45) is 1.41. The molecule has 0 amide bonds. The molecule has 0 saturated carbocycles. The van der Waals surface area contributed by atoms with Gasteiger partial charge in [0.2, 0.25) is 10.0 Å². The summed E-state index contributed by atoms with van der Waals surface area (Å²) in [4.78, 5) is 1.27. The van der Waals surface area contributed by atoms with Crippen molar-refractivity contribution in [2.45, 2.75) is 30.3 Å². The first-order chi connectivity index (χ1) is 12.6. The Hall–Kier alpha value is -1.61. The van der Waals surface area contributed by atoms with Gasteiger partial charge in [-0.05, 0) is 36.4 Å². The monoisotopic (exact) mass is 395 g/mol. The van der Waals surface area contributed by atoms with E-state index in [0.29, 0.717) is 57.3 Å². The van der Waals surface area contributed by atoms with Crippen LogP contribution in [0.2, 0.25) is 0 Å². The number of benzene rings is 1. The van der Waals surface area contributed by atoms with Crippen molar-refractivity contribution in [2.75, 3.05) is 26.4 Å². The van der Waals surface area contributed by atoms with Crippen molar-refractivity contribution in [1.29, 1.82) is 0 Å². The number of hydrogen-bond acceptors (Lipinski definition) is 6. The third kappa shape index (κ3) is 3.59. The SMILES string of the molecule is O=S(=O)(c1ccc2c(c1)OCCO2)N(Cc1cccs1)C1CCOCC1. The minimum atomic E-state index is -3.66. The first kappa shape index (κ1) is 17.8. The molecule has 1 aromatic carbocycles. The first-order valence-electron chi connectivity index (χ1n) is 8.66. The first-order valence-corrected chi connectivity index (χ1v) is 11.0. The van der Waals surface area contributed by atoms with Gasteiger partial charge in [0.05, 0.1) is 4.90 Å². The van der Waals surface area contributed by atoms with E-state index >= 15 is 0 Å². The van der Waals surface area contributed by atoms with Crippen molar-refractivity contribution >= 4 is 21.4 Å². The Morgan fingerprint density at radius 2 is 1.81 bits per heavy atom. The minimum Gasteiger partial charge on any atom is -0.486 e. The van der Waals surface area contributed by atoms with Gasteiger partial charge < -0.3 is 14.2 Å². The Labute approximate surface area is 157 Å². The predicted octanol–water partition coefficient (Wildman–Crippen LogP) is 2.89. The van der Waals surface area contributed by atoms with E-state index < -0.39 is 10.0 Å². The Kier molecular flexibility index (Phi) is 5.17. The Bertz CT molecular complexity index is 844. The Morgan fingerprint density at radius 3 is 2.54 bits per heavy atom. The lowest BCUT2D eigenvalue weighted by Crippen LogP contribution is -2.42. The molecule has 2 aromatic rings. The van der Waals surface area contributed by atoms with Gasteiger partial charge in [-0.15, -0.1) is 11.3 Å². The van der Waals surface area contributed by atoms with E-state index in [1.54, 1.807) is 33.8 Å². The molecule has 1 fully saturated rings. The molecule has 8 heteroatoms. The smallest absolute Gasteiger partial charge is 0.243 e. The summed E-state index contributed by atoms with van der Waals surface area (Å²) in [6.45, 7) is 2.45. The van der Waals surface area contributed by atoms with E-state index in [0.717, 1.165) is 4.88 Å². The van der Waals surface area contributed by atoms with Crippen LogP contribution in [0.3, 0.4) is 0 Å². The van der Waals surface area contributed by atoms with Crippen LogP contribution in [0.5, 0.6) is 11.5 Å². The topological polar surface area (TPSA) is 65.1 Å². The van der Waals surface area contributed by atoms with Crippen LogP contribution < -0.4 is 9.47 Å². The van der Waals surface area contributed by atoms with E-state index in [-0.39, 0.29) is 10.9 Å². The van der Waals surface area contributed by atoms with Crippen molar-refractivity contribution < 1.29 is 22.6 Å². The number of thiophene rings is 1. The van der Waals surface area contributed by atoms with Crippen LogP contribution in [0.4, 0.5) is 0 Å². The molecule has 2 aliphatic heterocycles. The summed E-state index contributed by atoms with van der Waals surface area (Å²) in [5.74, 6) is 1.08. The molecular weight excluding hydrogens is 374 g/mol. The van der Waals surface area contributed by atoms with Gasteiger partial charge in [0.1, 0.15) is 13.2 Å². The average Bonchev–Trinajstić information content (AvgIpc) is 3.19. The largest absolute Gasteiger partial charge is 0.486 e. The molecule has 2 aliphatic rings. The molecule has 0 bridgehead atoms. The third-order valence-electron chi connectivity index (χ3n) is 4.61. The standard InChI is InChI=1S/C18H21NO5S2/c20-26(21,16-3-4-17-18(12-16)24-10-9-23-17)19(13-15-2-1-11-25-15)14-5-7-22-8-6-14/h1-4,11-12,14H,5-10,13H2. The highest BCUT2D eigenvalue weighted by atomic mass is 32.2. The lowest BCUT2D eigenvalue weighted by molar-refractivity contribution is 0.0571. The van der Waals surface area contributed by atoms with Gasteiger partial charge in [-0.25, -0.2) is 8.42 Å². The molecule has 140 valence electrons. The Balaban J connectivity index is 1.68. The molecule has 3 heterocycles. The zero-order valence-corrected chi connectivity index (χ0v) is 15.9. The second kappa shape index (κ2) is 7.56. The second-order valence-corrected chi connectivity index (χ2v) is 9.20. The van der Waals surface area contributed by atoms with Crippen molar-refractivity contribution in [1.82, 2.24) is 4.31 Å². The lowest BCUT2D eigenvalue weighted by atomic mass is 10.1. The Morgan fingerprint density at radius 1 is 1.04 bits per heavy atom. The van der Waals surface area contributed by atoms with Gasteiger partial charge in [0.15, 0.2) is 11.5 Å². The zero-order valence-electron chi connectivity index (χ0n) is 14.3. The van der Waals surface area contributed by atoms with Gasteiger partial charge in [0, 0.05) is 36.7 Å². The molecule has 0 unspecified atom stereocenters. The fraction of sp³-hybridized carbons (Fsp3) is 0.444. The van der Waals surface area contributed by atoms with Crippen LogP contribution in [0.1, 0.15) is 17.7 Å². The van der Waals surface area contributed by atoms with Crippen molar-refractivity contribution in [3.05, 3.63) is 40.6 Å². The number of hydrogen-bond donors (Lipinski definition) is 0. The van der Waals surface area contributed by atoms with Crippen LogP contribution in [0.15, 0.2) is 40.6 Å². The van der Waals surface area contributed by atoms with E-state index in [4.69, 9.17) is 14.2 Å². The average molecular weight is 396 g/mol. The summed E-state index contributed by atoms with van der Waals surface area (Å²) < 4.78 is 45.0. The van der Waals surface area contributed by atoms with Gasteiger partial charge in [0.25, 0.3) is 0 Å². The number of ether oxygens (including phenoxy) is 3. The van der Waals surface area contributed by atoms with Crippen LogP contribution in [0, 0.1) is 0 Å². The molecule has 1 saturated heterocycles. The number of fused-ring (bicyclic) bond motifs is 1. The molecule has 6 nitrogen and oxygen atoms in total. The highest BCUT2D eigenvalue weighted by molar-refractivity contribution is 7.89. The van der Waals surface area contributed by atoms with E-state index in [2.05, 4.69) is 0 Å². The lowest BCUT2D eigenvalue weighted by Gasteiger charge is -2.33. The molecular formula is C18H21NO5S2. The summed E-state index contributed by atoms with van der Waals surface area (Å²) in [6, 6.07) is 8.70. The van der Waals surface area contributed by atoms with Gasteiger partial charge in [-0.1, -0.05) is 6.07 Å². The number of nitrogens with zero attached hydrogens (tertiary/aromatic N) is 1. The van der Waals surface area contributed by atoms with E-state index in [1.165, 1.54) is 0 Å². The predicted molar refractivity (Wildman–Crippen MR) is 98.3 cm³/mol. The third-order valence-corrected chi connectivity index (χ3v) is 7.37. The van der Waals surface area contributed by atoms with E-state index in [1.807, 2.05) is 17.5 Å². The highest BCUT2D eigenvalue weighted by Crippen LogP contribution is 2.35. The summed E-state index contributed by atoms with van der Waals surface area (Å²) in [5, 5.41) is 1.97. The molecule has 26 heavy (non-hydrogen) atoms. The molecule has 4 rings (SSSR count). The van der Waals surface area contributed by atoms with Crippen LogP contribution in [-0.2, 0) is 21.3 Å². The summed E-state index contributed by atoms with van der Waals surface area (Å²) in [7, 11) is -3.66. The van der Waals surface area contributed by atoms with Crippen LogP contribution in [-0.4, -0.2) is 45.2 Å². The summed E-state index contributed by atoms with van der Waals surface area (Å²) >= 11 is 1.57. The number of sulfonamides is 1. The fourth-order valence-electron chi connectivity index (χ4n) is 3.26. The van der Waals surface area contributed by atoms with Gasteiger partial charge in [-0.2, -0.15) is 4.31 Å². The second-order valence-electron chi connectivity index (χ2n) is 6.28. The van der Waals surface area contributed by atoms with Gasteiger partial charge >= 0.3 is 0 Å². The molecule has 1 aromatic heterocycles. The maximum atomic E-state index is 13.4. The molecule has 0 radical (unpaired) electrons.